The molecule has 3 aliphatic carbocycles. The summed E-state index contributed by atoms with van der Waals surface area (Å²) >= 11 is 0. The number of phenols is 1. The molecule has 1 aromatic carbocycles. The van der Waals surface area contributed by atoms with Gasteiger partial charge in [-0.15, -0.1) is 0 Å². The number of nitrogens with zero attached hydrogens (tertiary/aromatic N) is 1. The second-order valence-corrected chi connectivity index (χ2v) is 9.24. The van der Waals surface area contributed by atoms with Gasteiger partial charge < -0.3 is 15.6 Å². The van der Waals surface area contributed by atoms with Crippen LogP contribution in [0.3, 0.4) is 0 Å². The van der Waals surface area contributed by atoms with E-state index in [-0.39, 0.29) is 35.9 Å². The molecule has 0 saturated carbocycles. The predicted octanol–water partition coefficient (Wildman–Crippen LogP) is 2.30. The maximum absolute atomic E-state index is 13.2. The molecule has 1 heterocycles. The highest BCUT2D eigenvalue weighted by Gasteiger charge is 2.57. The van der Waals surface area contributed by atoms with Crippen molar-refractivity contribution >= 4 is 29.4 Å². The minimum absolute atomic E-state index is 0.0645. The van der Waals surface area contributed by atoms with Gasteiger partial charge in [0.05, 0.1) is 18.4 Å². The van der Waals surface area contributed by atoms with Gasteiger partial charge in [-0.25, -0.2) is 4.79 Å². The summed E-state index contributed by atoms with van der Waals surface area (Å²) < 4.78 is 5.54. The van der Waals surface area contributed by atoms with Gasteiger partial charge in [0, 0.05) is 22.6 Å². The van der Waals surface area contributed by atoms with E-state index in [1.165, 1.54) is 12.1 Å². The fraction of sp³-hybridized carbons (Fsp3) is 0.346. The number of carbonyl (C=O) groups is 5. The van der Waals surface area contributed by atoms with E-state index < -0.39 is 41.5 Å². The van der Waals surface area contributed by atoms with Crippen LogP contribution in [0.15, 0.2) is 52.6 Å². The first-order valence-corrected chi connectivity index (χ1v) is 11.5. The van der Waals surface area contributed by atoms with Crippen LogP contribution in [-0.2, 0) is 19.2 Å². The number of primary amides is 1. The number of urea groups is 1. The van der Waals surface area contributed by atoms with E-state index in [9.17, 15) is 29.1 Å². The molecule has 0 spiro atoms. The third-order valence-electron chi connectivity index (χ3n) is 7.40. The lowest BCUT2D eigenvalue weighted by atomic mass is 9.59. The summed E-state index contributed by atoms with van der Waals surface area (Å²) in [6, 6.07) is 3.63. The molecule has 0 radical (unpaired) electrons. The van der Waals surface area contributed by atoms with Crippen LogP contribution < -0.4 is 10.5 Å². The van der Waals surface area contributed by atoms with Gasteiger partial charge in [0.15, 0.2) is 23.1 Å². The Balaban J connectivity index is 1.69. The fourth-order valence-electron chi connectivity index (χ4n) is 5.96. The van der Waals surface area contributed by atoms with Crippen molar-refractivity contribution in [3.05, 3.63) is 58.2 Å². The quantitative estimate of drug-likeness (QED) is 0.387. The molecule has 1 saturated heterocycles. The Morgan fingerprint density at radius 1 is 1.17 bits per heavy atom. The van der Waals surface area contributed by atoms with Gasteiger partial charge in [0.2, 0.25) is 11.8 Å². The Bertz CT molecular complexity index is 1320. The monoisotopic (exact) mass is 476 g/mol. The predicted molar refractivity (Wildman–Crippen MR) is 122 cm³/mol. The number of allylic oxidation sites excluding steroid dienone is 6. The Labute approximate surface area is 200 Å². The first-order chi connectivity index (χ1) is 16.6. The lowest BCUT2D eigenvalue weighted by Crippen LogP contribution is -2.42. The minimum atomic E-state index is -1.12. The van der Waals surface area contributed by atoms with E-state index in [2.05, 4.69) is 0 Å². The highest BCUT2D eigenvalue weighted by molar-refractivity contribution is 6.24. The Hall–Kier alpha value is -4.01. The van der Waals surface area contributed by atoms with E-state index in [0.29, 0.717) is 33.8 Å². The second kappa shape index (κ2) is 8.04. The molecule has 3 N–H and O–H groups in total. The third-order valence-corrected chi connectivity index (χ3v) is 7.40. The zero-order valence-corrected chi connectivity index (χ0v) is 19.2. The molecule has 4 atom stereocenters. The van der Waals surface area contributed by atoms with Crippen molar-refractivity contribution in [2.45, 2.75) is 32.6 Å². The normalized spacial score (nSPS) is 27.8. The van der Waals surface area contributed by atoms with Crippen LogP contribution in [0.2, 0.25) is 0 Å². The van der Waals surface area contributed by atoms with Gasteiger partial charge in [-0.3, -0.25) is 19.2 Å². The Morgan fingerprint density at radius 2 is 1.91 bits per heavy atom. The number of hydrogen-bond acceptors (Lipinski definition) is 7. The first-order valence-electron chi connectivity index (χ1n) is 11.5. The number of ether oxygens (including phenoxy) is 1. The second-order valence-electron chi connectivity index (χ2n) is 9.24. The van der Waals surface area contributed by atoms with E-state index in [4.69, 9.17) is 10.5 Å². The molecule has 1 aromatic rings. The molecule has 1 fully saturated rings. The van der Waals surface area contributed by atoms with Crippen LogP contribution in [0.1, 0.15) is 38.2 Å². The smallest absolute Gasteiger partial charge is 0.328 e. The molecule has 180 valence electrons. The molecular formula is C26H24N2O7. The number of hydrogen-bond donors (Lipinski definition) is 2. The number of nitrogens with two attached hydrogens (primary N) is 1. The Morgan fingerprint density at radius 3 is 2.60 bits per heavy atom. The number of imide groups is 3. The topological polar surface area (TPSA) is 144 Å². The summed E-state index contributed by atoms with van der Waals surface area (Å²) in [5.41, 5.74) is 7.62. The van der Waals surface area contributed by atoms with E-state index >= 15 is 0 Å². The molecule has 0 unspecified atom stereocenters. The molecule has 1 aliphatic heterocycles. The number of Topliss-reactive ketones (excluding diaryl/α,β-unsaturated/α-hetero) is 1. The van der Waals surface area contributed by atoms with Crippen LogP contribution in [0.25, 0.3) is 0 Å². The molecule has 9 nitrogen and oxygen atoms in total. The van der Waals surface area contributed by atoms with Crippen molar-refractivity contribution in [2.75, 3.05) is 6.61 Å². The van der Waals surface area contributed by atoms with Crippen molar-refractivity contribution in [3.8, 4) is 11.5 Å². The fourth-order valence-corrected chi connectivity index (χ4v) is 5.96. The molecular weight excluding hydrogens is 452 g/mol. The molecule has 5 rings (SSSR count). The summed E-state index contributed by atoms with van der Waals surface area (Å²) in [6.07, 6.45) is 3.48. The highest BCUT2D eigenvalue weighted by Crippen LogP contribution is 2.55. The van der Waals surface area contributed by atoms with Crippen molar-refractivity contribution in [1.29, 1.82) is 0 Å². The van der Waals surface area contributed by atoms with Gasteiger partial charge >= 0.3 is 6.03 Å². The van der Waals surface area contributed by atoms with Gasteiger partial charge in [0.1, 0.15) is 0 Å². The summed E-state index contributed by atoms with van der Waals surface area (Å²) in [4.78, 5) is 64.8. The summed E-state index contributed by atoms with van der Waals surface area (Å²) in [7, 11) is 0. The van der Waals surface area contributed by atoms with Crippen LogP contribution in [-0.4, -0.2) is 46.0 Å². The van der Waals surface area contributed by atoms with Crippen LogP contribution in [0.5, 0.6) is 11.5 Å². The van der Waals surface area contributed by atoms with Crippen molar-refractivity contribution < 1.29 is 33.8 Å². The third kappa shape index (κ3) is 3.25. The van der Waals surface area contributed by atoms with Crippen LogP contribution >= 0.6 is 0 Å². The largest absolute Gasteiger partial charge is 0.504 e. The van der Waals surface area contributed by atoms with E-state index in [1.807, 2.05) is 6.08 Å². The number of benzene rings is 1. The number of fused-ring (bicyclic) bond motifs is 3. The summed E-state index contributed by atoms with van der Waals surface area (Å²) in [6.45, 7) is 3.65. The maximum atomic E-state index is 13.2. The number of amides is 4. The zero-order valence-electron chi connectivity index (χ0n) is 19.2. The summed E-state index contributed by atoms with van der Waals surface area (Å²) in [5, 5.41) is 10.2. The zero-order chi connectivity index (χ0) is 25.2. The summed E-state index contributed by atoms with van der Waals surface area (Å²) in [5.74, 6) is -4.55. The van der Waals surface area contributed by atoms with Gasteiger partial charge in [-0.2, -0.15) is 4.90 Å². The number of ketones is 2. The average molecular weight is 476 g/mol. The standard InChI is InChI=1S/C26H24N2O7/c1-3-35-19-9-12(4-7-17(19)29)20-13-5-6-14-21(25(33)28(24(14)32)26(27)34)15(13)10-16-22(20)18(30)8-11(2)23(16)31/h4-5,7-9,14-15,20-21,29H,3,6,10H2,1-2H3,(H2,27,34)/t14-,15+,20-,21-/m0/s1. The number of likely N-dealkylation sites (tertiary alicyclic amines) is 1. The molecule has 9 heteroatoms. The SMILES string of the molecule is CCOc1cc([C@H]2C3=CC[C@@H]4C(=O)N(C(N)=O)C(=O)[C@@H]4[C@@H]3CC3=C2C(=O)C=C(C)C3=O)ccc1O. The van der Waals surface area contributed by atoms with Crippen LogP contribution in [0, 0.1) is 17.8 Å². The van der Waals surface area contributed by atoms with E-state index in [1.54, 1.807) is 26.0 Å². The molecule has 4 amide bonds. The average Bonchev–Trinajstić information content (AvgIpc) is 3.08. The van der Waals surface area contributed by atoms with Gasteiger partial charge in [-0.05, 0) is 56.4 Å². The van der Waals surface area contributed by atoms with Crippen molar-refractivity contribution in [2.24, 2.45) is 23.5 Å². The van der Waals surface area contributed by atoms with Gasteiger partial charge in [0.25, 0.3) is 0 Å². The number of carbonyl (C=O) groups excluding carboxylic acids is 5. The van der Waals surface area contributed by atoms with Crippen molar-refractivity contribution in [3.63, 3.8) is 0 Å². The Kier molecular flexibility index (Phi) is 5.23. The lowest BCUT2D eigenvalue weighted by Gasteiger charge is -2.42. The first kappa shape index (κ1) is 22.8. The highest BCUT2D eigenvalue weighted by atomic mass is 16.5. The van der Waals surface area contributed by atoms with Gasteiger partial charge in [-0.1, -0.05) is 17.7 Å². The maximum Gasteiger partial charge on any atom is 0.328 e. The minimum Gasteiger partial charge on any atom is -0.504 e. The molecule has 35 heavy (non-hydrogen) atoms. The number of aromatic hydroxyl groups is 1. The number of rotatable bonds is 3. The van der Waals surface area contributed by atoms with E-state index in [0.717, 1.165) is 5.57 Å². The molecule has 0 bridgehead atoms. The van der Waals surface area contributed by atoms with Crippen LogP contribution in [0.4, 0.5) is 4.79 Å². The lowest BCUT2D eigenvalue weighted by molar-refractivity contribution is -0.136. The molecule has 0 aromatic heterocycles. The number of phenolic OH excluding ortho intramolecular Hbond substituents is 1. The molecule has 4 aliphatic rings. The van der Waals surface area contributed by atoms with Crippen molar-refractivity contribution in [1.82, 2.24) is 4.90 Å².